The van der Waals surface area contributed by atoms with E-state index in [4.69, 9.17) is 15.2 Å². The Hall–Kier alpha value is -1.62. The molecule has 1 unspecified atom stereocenters. The zero-order valence-corrected chi connectivity index (χ0v) is 10.1. The number of hydrogen-bond donors (Lipinski definition) is 1. The summed E-state index contributed by atoms with van der Waals surface area (Å²) in [5.41, 5.74) is 6.05. The third-order valence-corrected chi connectivity index (χ3v) is 2.21. The molecule has 94 valence electrons. The highest BCUT2D eigenvalue weighted by Gasteiger charge is 2.18. The second-order valence-corrected chi connectivity index (χ2v) is 3.87. The van der Waals surface area contributed by atoms with Crippen molar-refractivity contribution in [2.45, 2.75) is 20.0 Å². The van der Waals surface area contributed by atoms with Gasteiger partial charge in [0.05, 0.1) is 12.2 Å². The van der Waals surface area contributed by atoms with Crippen LogP contribution in [0.2, 0.25) is 0 Å². The Morgan fingerprint density at radius 2 is 2.18 bits per heavy atom. The molecule has 4 nitrogen and oxygen atoms in total. The van der Waals surface area contributed by atoms with Crippen LogP contribution in [0.5, 0.6) is 0 Å². The normalized spacial score (nSPS) is 12.2. The maximum absolute atomic E-state index is 13.7. The summed E-state index contributed by atoms with van der Waals surface area (Å²) in [5, 5.41) is 0. The molecule has 1 atom stereocenters. The van der Waals surface area contributed by atoms with Crippen molar-refractivity contribution in [1.82, 2.24) is 0 Å². The molecule has 17 heavy (non-hydrogen) atoms. The Labute approximate surface area is 99.5 Å². The number of carbonyl (C=O) groups excluding carboxylic acids is 1. The first-order valence-corrected chi connectivity index (χ1v) is 5.21. The van der Waals surface area contributed by atoms with Gasteiger partial charge in [0.2, 0.25) is 0 Å². The van der Waals surface area contributed by atoms with Gasteiger partial charge in [0.25, 0.3) is 0 Å². The number of anilines is 1. The van der Waals surface area contributed by atoms with E-state index in [-0.39, 0.29) is 12.2 Å². The van der Waals surface area contributed by atoms with Crippen molar-refractivity contribution in [2.75, 3.05) is 19.5 Å². The number of halogens is 1. The average Bonchev–Trinajstić information content (AvgIpc) is 2.23. The Morgan fingerprint density at radius 1 is 1.53 bits per heavy atom. The van der Waals surface area contributed by atoms with Crippen molar-refractivity contribution in [1.29, 1.82) is 0 Å². The second-order valence-electron chi connectivity index (χ2n) is 3.87. The zero-order chi connectivity index (χ0) is 13.0. The van der Waals surface area contributed by atoms with Gasteiger partial charge in [0.1, 0.15) is 11.9 Å². The third-order valence-electron chi connectivity index (χ3n) is 2.21. The van der Waals surface area contributed by atoms with Crippen LogP contribution >= 0.6 is 0 Å². The summed E-state index contributed by atoms with van der Waals surface area (Å²) in [6, 6.07) is 2.73. The van der Waals surface area contributed by atoms with Crippen LogP contribution in [0.15, 0.2) is 12.1 Å². The molecule has 0 radical (unpaired) electrons. The molecule has 0 amide bonds. The van der Waals surface area contributed by atoms with E-state index in [0.717, 1.165) is 0 Å². The second kappa shape index (κ2) is 5.63. The Bertz CT molecular complexity index is 420. The monoisotopic (exact) mass is 241 g/mol. The van der Waals surface area contributed by atoms with Crippen LogP contribution < -0.4 is 5.73 Å². The van der Waals surface area contributed by atoms with E-state index in [1.54, 1.807) is 13.8 Å². The predicted octanol–water partition coefficient (Wildman–Crippen LogP) is 1.91. The lowest BCUT2D eigenvalue weighted by molar-refractivity contribution is 0.0116. The molecule has 5 heteroatoms. The first kappa shape index (κ1) is 13.4. The summed E-state index contributed by atoms with van der Waals surface area (Å²) in [6.07, 6.45) is -0.436. The van der Waals surface area contributed by atoms with E-state index in [0.29, 0.717) is 11.3 Å². The van der Waals surface area contributed by atoms with Gasteiger partial charge < -0.3 is 15.2 Å². The van der Waals surface area contributed by atoms with Gasteiger partial charge >= 0.3 is 5.97 Å². The van der Waals surface area contributed by atoms with Crippen LogP contribution in [0, 0.1) is 12.7 Å². The Kier molecular flexibility index (Phi) is 4.45. The summed E-state index contributed by atoms with van der Waals surface area (Å²) < 4.78 is 23.5. The van der Waals surface area contributed by atoms with Gasteiger partial charge in [-0.15, -0.1) is 0 Å². The molecule has 0 saturated carbocycles. The van der Waals surface area contributed by atoms with Crippen LogP contribution in [0.1, 0.15) is 22.8 Å². The molecule has 0 fully saturated rings. The number of esters is 1. The number of carbonyl (C=O) groups is 1. The molecule has 0 aliphatic carbocycles. The largest absolute Gasteiger partial charge is 0.457 e. The summed E-state index contributed by atoms with van der Waals surface area (Å²) in [7, 11) is 1.50. The lowest BCUT2D eigenvalue weighted by Crippen LogP contribution is -2.20. The van der Waals surface area contributed by atoms with Crippen LogP contribution in [0.4, 0.5) is 10.1 Å². The van der Waals surface area contributed by atoms with Crippen molar-refractivity contribution < 1.29 is 18.7 Å². The van der Waals surface area contributed by atoms with Gasteiger partial charge in [-0.2, -0.15) is 0 Å². The first-order valence-electron chi connectivity index (χ1n) is 5.21. The van der Waals surface area contributed by atoms with Gasteiger partial charge in [-0.3, -0.25) is 0 Å². The van der Waals surface area contributed by atoms with Crippen LogP contribution in [0.25, 0.3) is 0 Å². The zero-order valence-electron chi connectivity index (χ0n) is 10.1. The topological polar surface area (TPSA) is 61.5 Å². The number of benzene rings is 1. The van der Waals surface area contributed by atoms with E-state index >= 15 is 0 Å². The smallest absolute Gasteiger partial charge is 0.341 e. The van der Waals surface area contributed by atoms with Crippen molar-refractivity contribution in [3.05, 3.63) is 29.1 Å². The molecule has 0 bridgehead atoms. The lowest BCUT2D eigenvalue weighted by Gasteiger charge is -2.13. The number of nitrogen functional groups attached to an aromatic ring is 1. The van der Waals surface area contributed by atoms with Gasteiger partial charge in [-0.05, 0) is 31.5 Å². The number of methoxy groups -OCH3 is 1. The molecule has 1 rings (SSSR count). The lowest BCUT2D eigenvalue weighted by atomic mass is 10.1. The standard InChI is InChI=1S/C12H16FNO3/c1-7-4-9(14)5-10(11(7)13)12(15)17-8(2)6-16-3/h4-5,8H,6,14H2,1-3H3. The van der Waals surface area contributed by atoms with E-state index in [9.17, 15) is 9.18 Å². The van der Waals surface area contributed by atoms with Gasteiger partial charge in [-0.1, -0.05) is 0 Å². The molecule has 0 saturated heterocycles. The first-order chi connectivity index (χ1) is 7.95. The quantitative estimate of drug-likeness (QED) is 0.646. The van der Waals surface area contributed by atoms with Crippen LogP contribution in [-0.2, 0) is 9.47 Å². The van der Waals surface area contributed by atoms with Crippen molar-refractivity contribution >= 4 is 11.7 Å². The third kappa shape index (κ3) is 3.42. The minimum atomic E-state index is -0.734. The van der Waals surface area contributed by atoms with Gasteiger partial charge in [0, 0.05) is 12.8 Å². The minimum absolute atomic E-state index is 0.148. The van der Waals surface area contributed by atoms with E-state index in [1.165, 1.54) is 19.2 Å². The number of hydrogen-bond acceptors (Lipinski definition) is 4. The summed E-state index contributed by atoms with van der Waals surface area (Å²) in [4.78, 5) is 11.7. The Morgan fingerprint density at radius 3 is 2.76 bits per heavy atom. The molecule has 0 aliphatic rings. The molecule has 0 heterocycles. The fourth-order valence-electron chi connectivity index (χ4n) is 1.46. The number of ether oxygens (including phenoxy) is 2. The highest BCUT2D eigenvalue weighted by atomic mass is 19.1. The van der Waals surface area contributed by atoms with Crippen LogP contribution in [-0.4, -0.2) is 25.8 Å². The maximum Gasteiger partial charge on any atom is 0.341 e. The molecule has 0 aliphatic heterocycles. The van der Waals surface area contributed by atoms with Crippen molar-refractivity contribution in [3.63, 3.8) is 0 Å². The SMILES string of the molecule is COCC(C)OC(=O)c1cc(N)cc(C)c1F. The number of rotatable bonds is 4. The van der Waals surface area contributed by atoms with Gasteiger partial charge in [0.15, 0.2) is 0 Å². The number of nitrogens with two attached hydrogens (primary N) is 1. The highest BCUT2D eigenvalue weighted by Crippen LogP contribution is 2.18. The Balaban J connectivity index is 2.89. The molecule has 0 spiro atoms. The summed E-state index contributed by atoms with van der Waals surface area (Å²) in [5.74, 6) is -1.34. The summed E-state index contributed by atoms with van der Waals surface area (Å²) >= 11 is 0. The molecule has 0 aromatic heterocycles. The molecule has 1 aromatic rings. The fourth-order valence-corrected chi connectivity index (χ4v) is 1.46. The average molecular weight is 241 g/mol. The van der Waals surface area contributed by atoms with E-state index in [1.807, 2.05) is 0 Å². The van der Waals surface area contributed by atoms with Crippen molar-refractivity contribution in [3.8, 4) is 0 Å². The molecule has 2 N–H and O–H groups in total. The fraction of sp³-hybridized carbons (Fsp3) is 0.417. The molecule has 1 aromatic carbocycles. The van der Waals surface area contributed by atoms with E-state index < -0.39 is 17.9 Å². The van der Waals surface area contributed by atoms with Crippen LogP contribution in [0.3, 0.4) is 0 Å². The predicted molar refractivity (Wildman–Crippen MR) is 62.3 cm³/mol. The van der Waals surface area contributed by atoms with Gasteiger partial charge in [-0.25, -0.2) is 9.18 Å². The number of aryl methyl sites for hydroxylation is 1. The molecular weight excluding hydrogens is 225 g/mol. The summed E-state index contributed by atoms with van der Waals surface area (Å²) in [6.45, 7) is 3.47. The maximum atomic E-state index is 13.7. The van der Waals surface area contributed by atoms with E-state index in [2.05, 4.69) is 0 Å². The van der Waals surface area contributed by atoms with Crippen molar-refractivity contribution in [2.24, 2.45) is 0 Å². The minimum Gasteiger partial charge on any atom is -0.457 e. The molecular formula is C12H16FNO3. The highest BCUT2D eigenvalue weighted by molar-refractivity contribution is 5.91.